The number of hydrogen-bond acceptors (Lipinski definition) is 5. The van der Waals surface area contributed by atoms with E-state index < -0.39 is 5.97 Å². The van der Waals surface area contributed by atoms with Gasteiger partial charge in [0.25, 0.3) is 0 Å². The molecule has 0 saturated carbocycles. The van der Waals surface area contributed by atoms with Gasteiger partial charge in [-0.15, -0.1) is 5.10 Å². The van der Waals surface area contributed by atoms with Gasteiger partial charge in [-0.3, -0.25) is 4.68 Å². The SMILES string of the molecule is O=C(O)c1cn(CCNCCCN2CCCC2)nn1. The predicted molar refractivity (Wildman–Crippen MR) is 70.1 cm³/mol. The summed E-state index contributed by atoms with van der Waals surface area (Å²) in [6, 6.07) is 0. The molecule has 19 heavy (non-hydrogen) atoms. The van der Waals surface area contributed by atoms with Gasteiger partial charge in [-0.2, -0.15) is 0 Å². The van der Waals surface area contributed by atoms with Crippen molar-refractivity contribution < 1.29 is 9.90 Å². The first-order valence-corrected chi connectivity index (χ1v) is 6.82. The molecule has 0 amide bonds. The van der Waals surface area contributed by atoms with E-state index in [1.54, 1.807) is 4.68 Å². The van der Waals surface area contributed by atoms with Crippen LogP contribution in [0.5, 0.6) is 0 Å². The molecule has 1 aromatic heterocycles. The van der Waals surface area contributed by atoms with Crippen molar-refractivity contribution >= 4 is 5.97 Å². The molecule has 0 aromatic carbocycles. The Labute approximate surface area is 112 Å². The van der Waals surface area contributed by atoms with Crippen LogP contribution in [0, 0.1) is 0 Å². The number of hydrogen-bond donors (Lipinski definition) is 2. The lowest BCUT2D eigenvalue weighted by Crippen LogP contribution is -2.26. The minimum absolute atomic E-state index is 0.00552. The normalized spacial score (nSPS) is 16.0. The van der Waals surface area contributed by atoms with E-state index in [0.29, 0.717) is 6.54 Å². The lowest BCUT2D eigenvalue weighted by atomic mass is 10.4. The summed E-state index contributed by atoms with van der Waals surface area (Å²) in [7, 11) is 0. The van der Waals surface area contributed by atoms with E-state index in [-0.39, 0.29) is 5.69 Å². The maximum atomic E-state index is 10.6. The van der Waals surface area contributed by atoms with E-state index in [1.807, 2.05) is 0 Å². The summed E-state index contributed by atoms with van der Waals surface area (Å²) in [4.78, 5) is 13.1. The third-order valence-corrected chi connectivity index (χ3v) is 3.30. The van der Waals surface area contributed by atoms with Crippen LogP contribution in [0.25, 0.3) is 0 Å². The highest BCUT2D eigenvalue weighted by Crippen LogP contribution is 2.06. The van der Waals surface area contributed by atoms with Gasteiger partial charge in [0.2, 0.25) is 0 Å². The van der Waals surface area contributed by atoms with Crippen LogP contribution >= 0.6 is 0 Å². The molecule has 2 heterocycles. The van der Waals surface area contributed by atoms with Gasteiger partial charge in [-0.25, -0.2) is 4.79 Å². The molecule has 0 unspecified atom stereocenters. The van der Waals surface area contributed by atoms with Gasteiger partial charge in [-0.1, -0.05) is 5.21 Å². The average Bonchev–Trinajstić information content (AvgIpc) is 3.04. The average molecular weight is 267 g/mol. The first-order valence-electron chi connectivity index (χ1n) is 6.82. The van der Waals surface area contributed by atoms with Crippen LogP contribution in [0.15, 0.2) is 6.20 Å². The van der Waals surface area contributed by atoms with Crippen LogP contribution in [0.2, 0.25) is 0 Å². The molecule has 2 rings (SSSR count). The Morgan fingerprint density at radius 2 is 2.11 bits per heavy atom. The lowest BCUT2D eigenvalue weighted by molar-refractivity contribution is 0.0690. The van der Waals surface area contributed by atoms with Gasteiger partial charge < -0.3 is 15.3 Å². The van der Waals surface area contributed by atoms with Crippen LogP contribution in [0.4, 0.5) is 0 Å². The molecule has 0 aliphatic carbocycles. The van der Waals surface area contributed by atoms with Crippen molar-refractivity contribution in [3.8, 4) is 0 Å². The molecule has 0 radical (unpaired) electrons. The Balaban J connectivity index is 1.52. The van der Waals surface area contributed by atoms with Crippen molar-refractivity contribution in [2.45, 2.75) is 25.8 Å². The molecular formula is C12H21N5O2. The highest BCUT2D eigenvalue weighted by atomic mass is 16.4. The predicted octanol–water partition coefficient (Wildman–Crippen LogP) is 0.0518. The van der Waals surface area contributed by atoms with E-state index in [4.69, 9.17) is 5.11 Å². The Hall–Kier alpha value is -1.47. The number of aromatic carboxylic acids is 1. The quantitative estimate of drug-likeness (QED) is 0.648. The fourth-order valence-corrected chi connectivity index (χ4v) is 2.26. The van der Waals surface area contributed by atoms with E-state index >= 15 is 0 Å². The number of nitrogens with one attached hydrogen (secondary N) is 1. The molecule has 1 aliphatic rings. The Morgan fingerprint density at radius 1 is 1.32 bits per heavy atom. The monoisotopic (exact) mass is 267 g/mol. The maximum Gasteiger partial charge on any atom is 0.358 e. The summed E-state index contributed by atoms with van der Waals surface area (Å²) in [5.74, 6) is -1.04. The minimum Gasteiger partial charge on any atom is -0.476 e. The number of carbonyl (C=O) groups is 1. The van der Waals surface area contributed by atoms with E-state index in [9.17, 15) is 4.79 Å². The van der Waals surface area contributed by atoms with Gasteiger partial charge in [0.05, 0.1) is 12.7 Å². The third-order valence-electron chi connectivity index (χ3n) is 3.30. The van der Waals surface area contributed by atoms with E-state index in [1.165, 1.54) is 38.7 Å². The smallest absolute Gasteiger partial charge is 0.358 e. The zero-order chi connectivity index (χ0) is 13.5. The number of carboxylic acids is 1. The van der Waals surface area contributed by atoms with Gasteiger partial charge in [-0.05, 0) is 45.4 Å². The first-order chi connectivity index (χ1) is 9.25. The van der Waals surface area contributed by atoms with Crippen LogP contribution in [-0.4, -0.2) is 63.7 Å². The molecule has 0 spiro atoms. The molecule has 1 fully saturated rings. The number of carboxylic acid groups (broad SMARTS) is 1. The van der Waals surface area contributed by atoms with Crippen molar-refractivity contribution in [1.29, 1.82) is 0 Å². The van der Waals surface area contributed by atoms with Crippen LogP contribution in [0.3, 0.4) is 0 Å². The minimum atomic E-state index is -1.04. The van der Waals surface area contributed by atoms with Crippen molar-refractivity contribution in [2.24, 2.45) is 0 Å². The maximum absolute atomic E-state index is 10.6. The summed E-state index contributed by atoms with van der Waals surface area (Å²) >= 11 is 0. The zero-order valence-corrected chi connectivity index (χ0v) is 11.1. The summed E-state index contributed by atoms with van der Waals surface area (Å²) in [5.41, 5.74) is -0.00552. The Bertz CT molecular complexity index is 401. The number of likely N-dealkylation sites (tertiary alicyclic amines) is 1. The van der Waals surface area contributed by atoms with Crippen LogP contribution in [0.1, 0.15) is 29.8 Å². The van der Waals surface area contributed by atoms with Crippen molar-refractivity contribution in [3.63, 3.8) is 0 Å². The van der Waals surface area contributed by atoms with Crippen molar-refractivity contribution in [2.75, 3.05) is 32.7 Å². The molecule has 0 bridgehead atoms. The van der Waals surface area contributed by atoms with E-state index in [2.05, 4.69) is 20.5 Å². The molecule has 7 heteroatoms. The van der Waals surface area contributed by atoms with Gasteiger partial charge in [0.1, 0.15) is 0 Å². The van der Waals surface area contributed by atoms with Gasteiger partial charge in [0, 0.05) is 6.54 Å². The van der Waals surface area contributed by atoms with Crippen LogP contribution < -0.4 is 5.32 Å². The highest BCUT2D eigenvalue weighted by Gasteiger charge is 2.10. The van der Waals surface area contributed by atoms with Gasteiger partial charge in [0.15, 0.2) is 5.69 Å². The molecule has 106 valence electrons. The second-order valence-corrected chi connectivity index (χ2v) is 4.82. The highest BCUT2D eigenvalue weighted by molar-refractivity contribution is 5.84. The van der Waals surface area contributed by atoms with Crippen molar-refractivity contribution in [1.82, 2.24) is 25.2 Å². The fraction of sp³-hybridized carbons (Fsp3) is 0.750. The van der Waals surface area contributed by atoms with Gasteiger partial charge >= 0.3 is 5.97 Å². The standard InChI is InChI=1S/C12H21N5O2/c18-12(19)11-10-17(15-14-11)9-5-13-4-3-8-16-6-1-2-7-16/h10,13H,1-9H2,(H,18,19). The fourth-order valence-electron chi connectivity index (χ4n) is 2.26. The molecule has 1 saturated heterocycles. The molecule has 0 atom stereocenters. The number of nitrogens with zero attached hydrogens (tertiary/aromatic N) is 4. The molecule has 1 aromatic rings. The third kappa shape index (κ3) is 4.60. The summed E-state index contributed by atoms with van der Waals surface area (Å²) in [6.45, 7) is 6.07. The first kappa shape index (κ1) is 14.0. The molecule has 2 N–H and O–H groups in total. The summed E-state index contributed by atoms with van der Waals surface area (Å²) in [6.07, 6.45) is 5.28. The molecule has 7 nitrogen and oxygen atoms in total. The van der Waals surface area contributed by atoms with Crippen LogP contribution in [-0.2, 0) is 6.54 Å². The Morgan fingerprint density at radius 3 is 2.79 bits per heavy atom. The topological polar surface area (TPSA) is 83.3 Å². The van der Waals surface area contributed by atoms with E-state index in [0.717, 1.165) is 19.5 Å². The largest absolute Gasteiger partial charge is 0.476 e. The second-order valence-electron chi connectivity index (χ2n) is 4.82. The zero-order valence-electron chi connectivity index (χ0n) is 11.1. The molecular weight excluding hydrogens is 246 g/mol. The second kappa shape index (κ2) is 7.20. The lowest BCUT2D eigenvalue weighted by Gasteiger charge is -2.14. The number of rotatable bonds is 8. The number of aromatic nitrogens is 3. The summed E-state index contributed by atoms with van der Waals surface area (Å²) in [5, 5.41) is 19.4. The Kier molecular flexibility index (Phi) is 5.29. The summed E-state index contributed by atoms with van der Waals surface area (Å²) < 4.78 is 1.55. The molecule has 1 aliphatic heterocycles. The van der Waals surface area contributed by atoms with Crippen molar-refractivity contribution in [3.05, 3.63) is 11.9 Å².